The number of nitrogens with zero attached hydrogens (tertiary/aromatic N) is 2. The molecule has 2 aromatic carbocycles. The van der Waals surface area contributed by atoms with Crippen LogP contribution in [0.3, 0.4) is 0 Å². The van der Waals surface area contributed by atoms with Gasteiger partial charge in [-0.15, -0.1) is 0 Å². The van der Waals surface area contributed by atoms with Crippen LogP contribution in [-0.4, -0.2) is 51.0 Å². The molecule has 11 heteroatoms. The van der Waals surface area contributed by atoms with Crippen molar-refractivity contribution in [1.29, 1.82) is 5.26 Å². The lowest BCUT2D eigenvalue weighted by molar-refractivity contribution is -0.126. The maximum atomic E-state index is 12.8. The summed E-state index contributed by atoms with van der Waals surface area (Å²) in [6, 6.07) is 18.7. The van der Waals surface area contributed by atoms with Crippen LogP contribution in [0, 0.1) is 11.3 Å². The average molecular weight is 491 g/mol. The number of nitriles is 1. The number of benzene rings is 2. The molecule has 0 bridgehead atoms. The zero-order chi connectivity index (χ0) is 25.9. The molecule has 2 N–H and O–H groups in total. The van der Waals surface area contributed by atoms with E-state index in [2.05, 4.69) is 0 Å². The number of hydrogen-bond donors (Lipinski definition) is 2. The van der Waals surface area contributed by atoms with E-state index in [0.29, 0.717) is 4.57 Å². The number of carbonyl (C=O) groups is 2. The topological polar surface area (TPSA) is 161 Å². The van der Waals surface area contributed by atoms with E-state index >= 15 is 0 Å². The number of aromatic nitrogens is 2. The van der Waals surface area contributed by atoms with Gasteiger partial charge in [0, 0.05) is 12.3 Å². The molecule has 2 heterocycles. The second-order valence-electron chi connectivity index (χ2n) is 8.03. The number of hydrogen-bond acceptors (Lipinski definition) is 9. The lowest BCUT2D eigenvalue weighted by Gasteiger charge is -2.26. The molecule has 11 nitrogen and oxygen atoms in total. The van der Waals surface area contributed by atoms with Crippen molar-refractivity contribution in [2.45, 2.75) is 37.1 Å². The number of aromatic amines is 1. The number of esters is 2. The van der Waals surface area contributed by atoms with Crippen molar-refractivity contribution in [1.82, 2.24) is 9.55 Å². The number of nitrogens with one attached hydrogen (secondary N) is 1. The van der Waals surface area contributed by atoms with E-state index in [0.717, 1.165) is 12.3 Å². The molecule has 1 aliphatic rings. The summed E-state index contributed by atoms with van der Waals surface area (Å²) >= 11 is 0. The Labute approximate surface area is 204 Å². The van der Waals surface area contributed by atoms with Gasteiger partial charge in [-0.1, -0.05) is 36.4 Å². The molecule has 0 spiro atoms. The molecule has 184 valence electrons. The third-order valence-corrected chi connectivity index (χ3v) is 5.71. The van der Waals surface area contributed by atoms with Crippen LogP contribution in [-0.2, 0) is 19.9 Å². The second kappa shape index (κ2) is 9.99. The SMILES string of the molecule is C[C@@H](OC(=O)c1ccccc1)[C@H]1O[C@@](C#N)(n2ccc(=O)[nH]c2=O)[C@@H](O)[C@@H]1OC(=O)c1ccccc1. The van der Waals surface area contributed by atoms with E-state index in [1.807, 2.05) is 4.98 Å². The molecular formula is C25H21N3O8. The zero-order valence-electron chi connectivity index (χ0n) is 18.9. The fourth-order valence-electron chi connectivity index (χ4n) is 3.91. The Bertz CT molecular complexity index is 1410. The Morgan fingerprint density at radius 3 is 2.19 bits per heavy atom. The first-order valence-electron chi connectivity index (χ1n) is 10.9. The van der Waals surface area contributed by atoms with Crippen molar-refractivity contribution < 1.29 is 28.9 Å². The summed E-state index contributed by atoms with van der Waals surface area (Å²) in [4.78, 5) is 51.5. The van der Waals surface area contributed by atoms with E-state index < -0.39 is 53.3 Å². The zero-order valence-corrected chi connectivity index (χ0v) is 18.9. The Kier molecular flexibility index (Phi) is 6.82. The van der Waals surface area contributed by atoms with Gasteiger partial charge in [0.15, 0.2) is 12.2 Å². The molecule has 5 atom stereocenters. The molecule has 0 aliphatic carbocycles. The molecule has 0 unspecified atom stereocenters. The van der Waals surface area contributed by atoms with E-state index in [1.54, 1.807) is 42.5 Å². The summed E-state index contributed by atoms with van der Waals surface area (Å²) < 4.78 is 17.5. The van der Waals surface area contributed by atoms with Crippen LogP contribution in [0.15, 0.2) is 82.5 Å². The van der Waals surface area contributed by atoms with Gasteiger partial charge >= 0.3 is 17.6 Å². The fourth-order valence-corrected chi connectivity index (χ4v) is 3.91. The number of H-pyrrole nitrogens is 1. The summed E-state index contributed by atoms with van der Waals surface area (Å²) in [7, 11) is 0. The van der Waals surface area contributed by atoms with Gasteiger partial charge < -0.3 is 19.3 Å². The maximum absolute atomic E-state index is 12.8. The molecule has 1 aliphatic heterocycles. The van der Waals surface area contributed by atoms with Crippen LogP contribution in [0.25, 0.3) is 0 Å². The van der Waals surface area contributed by atoms with E-state index in [9.17, 15) is 29.5 Å². The minimum atomic E-state index is -2.40. The van der Waals surface area contributed by atoms with Crippen molar-refractivity contribution >= 4 is 11.9 Å². The molecule has 4 rings (SSSR count). The maximum Gasteiger partial charge on any atom is 0.338 e. The van der Waals surface area contributed by atoms with Gasteiger partial charge in [-0.3, -0.25) is 14.3 Å². The molecule has 0 amide bonds. The minimum absolute atomic E-state index is 0.160. The summed E-state index contributed by atoms with van der Waals surface area (Å²) in [5.74, 6) is -1.55. The molecule has 1 saturated heterocycles. The van der Waals surface area contributed by atoms with Gasteiger partial charge in [0.1, 0.15) is 18.3 Å². The predicted octanol–water partition coefficient (Wildman–Crippen LogP) is 0.944. The number of ether oxygens (including phenoxy) is 3. The highest BCUT2D eigenvalue weighted by Crippen LogP contribution is 2.38. The Balaban J connectivity index is 1.71. The van der Waals surface area contributed by atoms with Crippen molar-refractivity contribution in [3.05, 3.63) is 105 Å². The van der Waals surface area contributed by atoms with Gasteiger partial charge in [-0.25, -0.2) is 14.4 Å². The van der Waals surface area contributed by atoms with Crippen LogP contribution in [0.5, 0.6) is 0 Å². The number of rotatable bonds is 6. The van der Waals surface area contributed by atoms with Gasteiger partial charge in [-0.05, 0) is 31.2 Å². The van der Waals surface area contributed by atoms with E-state index in [1.165, 1.54) is 31.2 Å². The fraction of sp³-hybridized carbons (Fsp3) is 0.240. The monoisotopic (exact) mass is 491 g/mol. The van der Waals surface area contributed by atoms with E-state index in [-0.39, 0.29) is 11.1 Å². The van der Waals surface area contributed by atoms with Gasteiger partial charge in [0.05, 0.1) is 11.1 Å². The molecule has 1 aromatic heterocycles. The highest BCUT2D eigenvalue weighted by atomic mass is 16.6. The van der Waals surface area contributed by atoms with Crippen molar-refractivity contribution in [3.8, 4) is 6.07 Å². The number of aliphatic hydroxyl groups is 1. The molecule has 1 fully saturated rings. The summed E-state index contributed by atoms with van der Waals surface area (Å²) in [6.45, 7) is 1.44. The predicted molar refractivity (Wildman–Crippen MR) is 123 cm³/mol. The third-order valence-electron chi connectivity index (χ3n) is 5.71. The van der Waals surface area contributed by atoms with Crippen molar-refractivity contribution in [2.75, 3.05) is 0 Å². The smallest absolute Gasteiger partial charge is 0.338 e. The lowest BCUT2D eigenvalue weighted by atomic mass is 10.0. The van der Waals surface area contributed by atoms with Crippen LogP contribution >= 0.6 is 0 Å². The Morgan fingerprint density at radius 1 is 1.06 bits per heavy atom. The standard InChI is InChI=1S/C25H21N3O8/c1-15(34-22(31)16-8-4-2-5-9-16)19-20(35-23(32)17-10-6-3-7-11-17)21(30)25(14-26,36-19)28-13-12-18(29)27-24(28)33/h2-13,15,19-21,30H,1H3,(H,27,29,33)/t15-,19-,20-,21+,25-/m1/s1. The van der Waals surface area contributed by atoms with Crippen LogP contribution < -0.4 is 11.2 Å². The number of carbonyl (C=O) groups excluding carboxylic acids is 2. The van der Waals surface area contributed by atoms with Gasteiger partial charge in [0.25, 0.3) is 11.3 Å². The molecule has 0 radical (unpaired) electrons. The van der Waals surface area contributed by atoms with Crippen LogP contribution in [0.1, 0.15) is 27.6 Å². The Morgan fingerprint density at radius 2 is 1.64 bits per heavy atom. The van der Waals surface area contributed by atoms with Crippen molar-refractivity contribution in [3.63, 3.8) is 0 Å². The van der Waals surface area contributed by atoms with Gasteiger partial charge in [0.2, 0.25) is 0 Å². The molecule has 3 aromatic rings. The highest BCUT2D eigenvalue weighted by Gasteiger charge is 2.61. The summed E-state index contributed by atoms with van der Waals surface area (Å²) in [5, 5.41) is 21.2. The Hall–Kier alpha value is -4.53. The first-order chi connectivity index (χ1) is 17.3. The molecule has 36 heavy (non-hydrogen) atoms. The lowest BCUT2D eigenvalue weighted by Crippen LogP contribution is -2.51. The normalized spacial score (nSPS) is 23.9. The van der Waals surface area contributed by atoms with Crippen LogP contribution in [0.4, 0.5) is 0 Å². The summed E-state index contributed by atoms with van der Waals surface area (Å²) in [5.41, 5.74) is -3.77. The molecule has 0 saturated carbocycles. The third kappa shape index (κ3) is 4.55. The van der Waals surface area contributed by atoms with Gasteiger partial charge in [-0.2, -0.15) is 5.26 Å². The average Bonchev–Trinajstić information content (AvgIpc) is 3.17. The minimum Gasteiger partial charge on any atom is -0.456 e. The largest absolute Gasteiger partial charge is 0.456 e. The van der Waals surface area contributed by atoms with Crippen molar-refractivity contribution in [2.24, 2.45) is 0 Å². The summed E-state index contributed by atoms with van der Waals surface area (Å²) in [6.07, 6.45) is -4.96. The first-order valence-corrected chi connectivity index (χ1v) is 10.9. The van der Waals surface area contributed by atoms with Crippen LogP contribution in [0.2, 0.25) is 0 Å². The highest BCUT2D eigenvalue weighted by molar-refractivity contribution is 5.90. The first kappa shape index (κ1) is 24.6. The second-order valence-corrected chi connectivity index (χ2v) is 8.03. The number of aliphatic hydroxyl groups excluding tert-OH is 1. The quantitative estimate of drug-likeness (QED) is 0.478. The van der Waals surface area contributed by atoms with E-state index in [4.69, 9.17) is 14.2 Å². The molecular weight excluding hydrogens is 470 g/mol.